The molecule has 96 valence electrons. The number of hydrogen-bond donors (Lipinski definition) is 1. The lowest BCUT2D eigenvalue weighted by atomic mass is 10.4. The fourth-order valence-electron chi connectivity index (χ4n) is 1.52. The minimum absolute atomic E-state index is 0.627. The smallest absolute Gasteiger partial charge is 0.215 e. The second-order valence-electron chi connectivity index (χ2n) is 3.73. The molecule has 0 aliphatic rings. The van der Waals surface area contributed by atoms with Crippen molar-refractivity contribution in [1.82, 2.24) is 9.97 Å². The second kappa shape index (κ2) is 6.35. The molecule has 0 radical (unpaired) electrons. The maximum absolute atomic E-state index is 5.36. The number of hydrogen-bond acceptors (Lipinski definition) is 5. The van der Waals surface area contributed by atoms with Crippen LogP contribution in [0.15, 0.2) is 23.6 Å². The summed E-state index contributed by atoms with van der Waals surface area (Å²) in [5.41, 5.74) is 1.06. The van der Waals surface area contributed by atoms with Crippen LogP contribution in [0.25, 0.3) is 0 Å². The fourth-order valence-corrected chi connectivity index (χ4v) is 2.26. The highest BCUT2D eigenvalue weighted by molar-refractivity contribution is 7.09. The molecule has 2 rings (SSSR count). The molecular formula is C13H17N3OS. The Morgan fingerprint density at radius 1 is 1.28 bits per heavy atom. The zero-order chi connectivity index (χ0) is 12.8. The first kappa shape index (κ1) is 12.8. The first-order valence-corrected chi connectivity index (χ1v) is 6.96. The predicted molar refractivity (Wildman–Crippen MR) is 74.2 cm³/mol. The van der Waals surface area contributed by atoms with Crippen molar-refractivity contribution in [2.75, 3.05) is 11.9 Å². The van der Waals surface area contributed by atoms with Crippen LogP contribution in [-0.4, -0.2) is 16.6 Å². The molecule has 0 spiro atoms. The summed E-state index contributed by atoms with van der Waals surface area (Å²) in [6.45, 7) is 5.38. The standard InChI is InChI=1S/C13H17N3OS/c1-3-13-15-10(9-18-13)8-14-11-6-5-7-12(16-11)17-4-2/h5-7,9H,3-4,8H2,1-2H3,(H,14,16). The third kappa shape index (κ3) is 3.43. The van der Waals surface area contributed by atoms with E-state index in [-0.39, 0.29) is 0 Å². The summed E-state index contributed by atoms with van der Waals surface area (Å²) >= 11 is 1.70. The Morgan fingerprint density at radius 2 is 2.17 bits per heavy atom. The van der Waals surface area contributed by atoms with Crippen LogP contribution in [-0.2, 0) is 13.0 Å². The molecule has 5 heteroatoms. The van der Waals surface area contributed by atoms with E-state index in [1.54, 1.807) is 11.3 Å². The number of thiazole rings is 1. The van der Waals surface area contributed by atoms with Gasteiger partial charge < -0.3 is 10.1 Å². The maximum Gasteiger partial charge on any atom is 0.215 e. The Balaban J connectivity index is 1.94. The topological polar surface area (TPSA) is 47.0 Å². The van der Waals surface area contributed by atoms with E-state index >= 15 is 0 Å². The van der Waals surface area contributed by atoms with Gasteiger partial charge in [-0.3, -0.25) is 0 Å². The van der Waals surface area contributed by atoms with Gasteiger partial charge in [0.05, 0.1) is 23.9 Å². The highest BCUT2D eigenvalue weighted by Gasteiger charge is 2.01. The van der Waals surface area contributed by atoms with Crippen molar-refractivity contribution in [3.63, 3.8) is 0 Å². The van der Waals surface area contributed by atoms with Gasteiger partial charge in [0, 0.05) is 11.4 Å². The second-order valence-corrected chi connectivity index (χ2v) is 4.68. The first-order chi connectivity index (χ1) is 8.81. The van der Waals surface area contributed by atoms with Gasteiger partial charge in [-0.2, -0.15) is 4.98 Å². The van der Waals surface area contributed by atoms with Crippen molar-refractivity contribution in [1.29, 1.82) is 0 Å². The summed E-state index contributed by atoms with van der Waals surface area (Å²) in [6, 6.07) is 5.71. The van der Waals surface area contributed by atoms with Crippen LogP contribution >= 0.6 is 11.3 Å². The van der Waals surface area contributed by atoms with E-state index in [0.29, 0.717) is 19.0 Å². The highest BCUT2D eigenvalue weighted by Crippen LogP contribution is 2.14. The minimum Gasteiger partial charge on any atom is -0.478 e. The molecule has 0 saturated heterocycles. The van der Waals surface area contributed by atoms with Crippen LogP contribution in [0.5, 0.6) is 5.88 Å². The number of anilines is 1. The number of aromatic nitrogens is 2. The molecule has 1 N–H and O–H groups in total. The SMILES string of the molecule is CCOc1cccc(NCc2csc(CC)n2)n1. The molecule has 0 aliphatic heterocycles. The van der Waals surface area contributed by atoms with Crippen LogP contribution in [0.3, 0.4) is 0 Å². The Hall–Kier alpha value is -1.62. The molecule has 0 bridgehead atoms. The third-order valence-corrected chi connectivity index (χ3v) is 3.41. The third-order valence-electron chi connectivity index (χ3n) is 2.37. The zero-order valence-electron chi connectivity index (χ0n) is 10.6. The predicted octanol–water partition coefficient (Wildman–Crippen LogP) is 3.11. The number of aryl methyl sites for hydroxylation is 1. The Kier molecular flexibility index (Phi) is 4.52. The van der Waals surface area contributed by atoms with Crippen LogP contribution in [0, 0.1) is 0 Å². The number of rotatable bonds is 6. The van der Waals surface area contributed by atoms with Crippen LogP contribution in [0.1, 0.15) is 24.5 Å². The molecule has 0 fully saturated rings. The molecule has 0 amide bonds. The number of nitrogens with zero attached hydrogens (tertiary/aromatic N) is 2. The van der Waals surface area contributed by atoms with Gasteiger partial charge >= 0.3 is 0 Å². The number of nitrogens with one attached hydrogen (secondary N) is 1. The average molecular weight is 263 g/mol. The molecule has 0 aliphatic carbocycles. The van der Waals surface area contributed by atoms with E-state index in [9.17, 15) is 0 Å². The molecule has 2 heterocycles. The molecule has 0 unspecified atom stereocenters. The summed E-state index contributed by atoms with van der Waals surface area (Å²) in [4.78, 5) is 8.85. The largest absolute Gasteiger partial charge is 0.478 e. The van der Waals surface area contributed by atoms with Gasteiger partial charge in [-0.25, -0.2) is 4.98 Å². The lowest BCUT2D eigenvalue weighted by molar-refractivity contribution is 0.327. The molecule has 2 aromatic rings. The van der Waals surface area contributed by atoms with E-state index in [1.165, 1.54) is 5.01 Å². The van der Waals surface area contributed by atoms with Crippen molar-refractivity contribution in [2.24, 2.45) is 0 Å². The monoisotopic (exact) mass is 263 g/mol. The zero-order valence-corrected chi connectivity index (χ0v) is 11.5. The highest BCUT2D eigenvalue weighted by atomic mass is 32.1. The van der Waals surface area contributed by atoms with Crippen LogP contribution in [0.2, 0.25) is 0 Å². The molecule has 4 nitrogen and oxygen atoms in total. The van der Waals surface area contributed by atoms with Crippen molar-refractivity contribution >= 4 is 17.2 Å². The molecule has 0 saturated carbocycles. The van der Waals surface area contributed by atoms with E-state index in [4.69, 9.17) is 4.74 Å². The summed E-state index contributed by atoms with van der Waals surface area (Å²) in [6.07, 6.45) is 0.989. The van der Waals surface area contributed by atoms with Crippen molar-refractivity contribution in [3.8, 4) is 5.88 Å². The number of pyridine rings is 1. The van der Waals surface area contributed by atoms with Gasteiger partial charge in [-0.15, -0.1) is 11.3 Å². The Morgan fingerprint density at radius 3 is 2.89 bits per heavy atom. The molecule has 0 atom stereocenters. The van der Waals surface area contributed by atoms with E-state index in [2.05, 4.69) is 27.6 Å². The van der Waals surface area contributed by atoms with E-state index in [0.717, 1.165) is 17.9 Å². The van der Waals surface area contributed by atoms with Gasteiger partial charge in [-0.05, 0) is 19.4 Å². The van der Waals surface area contributed by atoms with Gasteiger partial charge in [-0.1, -0.05) is 13.0 Å². The molecule has 2 aromatic heterocycles. The molecular weight excluding hydrogens is 246 g/mol. The van der Waals surface area contributed by atoms with E-state index in [1.807, 2.05) is 25.1 Å². The maximum atomic E-state index is 5.36. The fraction of sp³-hybridized carbons (Fsp3) is 0.385. The van der Waals surface area contributed by atoms with Gasteiger partial charge in [0.2, 0.25) is 5.88 Å². The van der Waals surface area contributed by atoms with Crippen molar-refractivity contribution < 1.29 is 4.74 Å². The summed E-state index contributed by atoms with van der Waals surface area (Å²) < 4.78 is 5.36. The van der Waals surface area contributed by atoms with Gasteiger partial charge in [0.15, 0.2) is 0 Å². The van der Waals surface area contributed by atoms with Crippen molar-refractivity contribution in [2.45, 2.75) is 26.8 Å². The average Bonchev–Trinajstić information content (AvgIpc) is 2.85. The number of ether oxygens (including phenoxy) is 1. The first-order valence-electron chi connectivity index (χ1n) is 6.08. The van der Waals surface area contributed by atoms with Gasteiger partial charge in [0.1, 0.15) is 5.82 Å². The quantitative estimate of drug-likeness (QED) is 0.870. The lowest BCUT2D eigenvalue weighted by Gasteiger charge is -2.06. The van der Waals surface area contributed by atoms with Crippen molar-refractivity contribution in [3.05, 3.63) is 34.3 Å². The van der Waals surface area contributed by atoms with Crippen LogP contribution < -0.4 is 10.1 Å². The Labute approximate surface area is 111 Å². The minimum atomic E-state index is 0.627. The summed E-state index contributed by atoms with van der Waals surface area (Å²) in [5, 5.41) is 6.50. The van der Waals surface area contributed by atoms with E-state index < -0.39 is 0 Å². The lowest BCUT2D eigenvalue weighted by Crippen LogP contribution is -2.03. The normalized spacial score (nSPS) is 10.3. The Bertz CT molecular complexity index is 498. The van der Waals surface area contributed by atoms with Gasteiger partial charge in [0.25, 0.3) is 0 Å². The molecule has 0 aromatic carbocycles. The van der Waals surface area contributed by atoms with Crippen LogP contribution in [0.4, 0.5) is 5.82 Å². The summed E-state index contributed by atoms with van der Waals surface area (Å²) in [5.74, 6) is 1.46. The summed E-state index contributed by atoms with van der Waals surface area (Å²) in [7, 11) is 0. The molecule has 18 heavy (non-hydrogen) atoms.